The molecule has 0 bridgehead atoms. The highest BCUT2D eigenvalue weighted by Crippen LogP contribution is 2.34. The number of hydrogen-bond donors (Lipinski definition) is 1. The van der Waals surface area contributed by atoms with Crippen molar-refractivity contribution in [3.8, 4) is 0 Å². The average Bonchev–Trinajstić information content (AvgIpc) is 2.94. The SMILES string of the molecule is Cc1c(C(N)c2csc(Cl)c2)oc2ccc(F)cc12. The number of hydrogen-bond acceptors (Lipinski definition) is 3. The minimum Gasteiger partial charge on any atom is -0.459 e. The van der Waals surface area contributed by atoms with E-state index in [0.29, 0.717) is 15.7 Å². The molecular weight excluding hydrogens is 285 g/mol. The van der Waals surface area contributed by atoms with E-state index in [-0.39, 0.29) is 11.9 Å². The molecule has 0 aliphatic heterocycles. The van der Waals surface area contributed by atoms with Gasteiger partial charge in [0.15, 0.2) is 0 Å². The van der Waals surface area contributed by atoms with Crippen molar-refractivity contribution in [2.24, 2.45) is 5.73 Å². The second kappa shape index (κ2) is 4.63. The van der Waals surface area contributed by atoms with Gasteiger partial charge in [-0.05, 0) is 42.1 Å². The highest BCUT2D eigenvalue weighted by atomic mass is 35.5. The van der Waals surface area contributed by atoms with Gasteiger partial charge in [0.2, 0.25) is 0 Å². The molecule has 0 amide bonds. The van der Waals surface area contributed by atoms with Gasteiger partial charge < -0.3 is 10.2 Å². The number of benzene rings is 1. The Labute approximate surface area is 118 Å². The molecule has 0 fully saturated rings. The van der Waals surface area contributed by atoms with Crippen LogP contribution in [0, 0.1) is 12.7 Å². The molecule has 0 aliphatic rings. The Morgan fingerprint density at radius 3 is 2.84 bits per heavy atom. The van der Waals surface area contributed by atoms with Crippen LogP contribution in [0.2, 0.25) is 4.34 Å². The van der Waals surface area contributed by atoms with E-state index in [2.05, 4.69) is 0 Å². The number of fused-ring (bicyclic) bond motifs is 1. The van der Waals surface area contributed by atoms with Crippen molar-refractivity contribution in [1.29, 1.82) is 0 Å². The van der Waals surface area contributed by atoms with Crippen LogP contribution in [0.5, 0.6) is 0 Å². The smallest absolute Gasteiger partial charge is 0.134 e. The van der Waals surface area contributed by atoms with Crippen molar-refractivity contribution in [3.05, 3.63) is 56.7 Å². The first-order chi connectivity index (χ1) is 9.06. The first-order valence-corrected chi connectivity index (χ1v) is 7.00. The molecule has 1 aromatic carbocycles. The third-order valence-corrected chi connectivity index (χ3v) is 4.27. The summed E-state index contributed by atoms with van der Waals surface area (Å²) in [7, 11) is 0. The zero-order valence-corrected chi connectivity index (χ0v) is 11.7. The maximum absolute atomic E-state index is 13.3. The minimum atomic E-state index is -0.390. The van der Waals surface area contributed by atoms with Crippen molar-refractivity contribution in [1.82, 2.24) is 0 Å². The highest BCUT2D eigenvalue weighted by Gasteiger charge is 2.19. The van der Waals surface area contributed by atoms with E-state index >= 15 is 0 Å². The number of aryl methyl sites for hydroxylation is 1. The van der Waals surface area contributed by atoms with E-state index in [1.54, 1.807) is 6.07 Å². The van der Waals surface area contributed by atoms with E-state index in [1.807, 2.05) is 18.4 Å². The number of nitrogens with two attached hydrogens (primary N) is 1. The second-order valence-electron chi connectivity index (χ2n) is 4.39. The van der Waals surface area contributed by atoms with Gasteiger partial charge in [-0.2, -0.15) is 0 Å². The third-order valence-electron chi connectivity index (χ3n) is 3.16. The molecule has 1 atom stereocenters. The summed E-state index contributed by atoms with van der Waals surface area (Å²) in [5.41, 5.74) is 8.60. The number of thiophene rings is 1. The van der Waals surface area contributed by atoms with Gasteiger partial charge in [-0.1, -0.05) is 11.6 Å². The van der Waals surface area contributed by atoms with E-state index in [9.17, 15) is 4.39 Å². The van der Waals surface area contributed by atoms with Gasteiger partial charge in [0.05, 0.1) is 10.4 Å². The van der Waals surface area contributed by atoms with Gasteiger partial charge in [0, 0.05) is 10.9 Å². The van der Waals surface area contributed by atoms with E-state index in [0.717, 1.165) is 16.5 Å². The Kier molecular flexibility index (Phi) is 3.09. The lowest BCUT2D eigenvalue weighted by atomic mass is 10.0. The fourth-order valence-electron chi connectivity index (χ4n) is 2.15. The lowest BCUT2D eigenvalue weighted by Gasteiger charge is -2.07. The summed E-state index contributed by atoms with van der Waals surface area (Å²) in [5, 5.41) is 2.66. The van der Waals surface area contributed by atoms with Crippen LogP contribution < -0.4 is 5.73 Å². The molecule has 2 N–H and O–H groups in total. The summed E-state index contributed by atoms with van der Waals surface area (Å²) in [4.78, 5) is 0. The highest BCUT2D eigenvalue weighted by molar-refractivity contribution is 7.14. The molecule has 1 unspecified atom stereocenters. The molecule has 2 heterocycles. The Morgan fingerprint density at radius 2 is 2.16 bits per heavy atom. The first-order valence-electron chi connectivity index (χ1n) is 5.74. The molecule has 5 heteroatoms. The molecule has 0 saturated carbocycles. The van der Waals surface area contributed by atoms with Gasteiger partial charge in [0.25, 0.3) is 0 Å². The van der Waals surface area contributed by atoms with E-state index in [4.69, 9.17) is 21.8 Å². The van der Waals surface area contributed by atoms with Crippen LogP contribution in [-0.2, 0) is 0 Å². The van der Waals surface area contributed by atoms with Gasteiger partial charge in [-0.3, -0.25) is 0 Å². The number of furan rings is 1. The number of halogens is 2. The fraction of sp³-hybridized carbons (Fsp3) is 0.143. The topological polar surface area (TPSA) is 39.2 Å². The Balaban J connectivity index is 2.12. The lowest BCUT2D eigenvalue weighted by Crippen LogP contribution is -2.10. The molecule has 0 spiro atoms. The summed E-state index contributed by atoms with van der Waals surface area (Å²) in [5.74, 6) is 0.366. The second-order valence-corrected chi connectivity index (χ2v) is 5.94. The molecule has 0 radical (unpaired) electrons. The van der Waals surface area contributed by atoms with Crippen LogP contribution >= 0.6 is 22.9 Å². The summed E-state index contributed by atoms with van der Waals surface area (Å²) in [6.45, 7) is 1.88. The monoisotopic (exact) mass is 295 g/mol. The summed E-state index contributed by atoms with van der Waals surface area (Å²) >= 11 is 7.34. The maximum Gasteiger partial charge on any atom is 0.134 e. The predicted octanol–water partition coefficient (Wildman–Crippen LogP) is 4.64. The quantitative estimate of drug-likeness (QED) is 0.748. The fourth-order valence-corrected chi connectivity index (χ4v) is 3.07. The molecule has 3 rings (SSSR count). The Bertz CT molecular complexity index is 749. The first kappa shape index (κ1) is 12.7. The molecular formula is C14H11ClFNOS. The molecule has 3 aromatic rings. The standard InChI is InChI=1S/C14H11ClFNOS/c1-7-10-5-9(16)2-3-11(10)18-14(7)13(17)8-4-12(15)19-6-8/h2-6,13H,17H2,1H3. The summed E-state index contributed by atoms with van der Waals surface area (Å²) in [6, 6.07) is 5.89. The largest absolute Gasteiger partial charge is 0.459 e. The van der Waals surface area contributed by atoms with Gasteiger partial charge in [0.1, 0.15) is 17.2 Å². The predicted molar refractivity (Wildman–Crippen MR) is 76.3 cm³/mol. The number of rotatable bonds is 2. The normalized spacial score (nSPS) is 13.1. The minimum absolute atomic E-state index is 0.282. The zero-order chi connectivity index (χ0) is 13.6. The van der Waals surface area contributed by atoms with Gasteiger partial charge >= 0.3 is 0 Å². The average molecular weight is 296 g/mol. The molecule has 0 aliphatic carbocycles. The third kappa shape index (κ3) is 2.16. The summed E-state index contributed by atoms with van der Waals surface area (Å²) < 4.78 is 19.7. The van der Waals surface area contributed by atoms with Crippen molar-refractivity contribution in [2.75, 3.05) is 0 Å². The summed E-state index contributed by atoms with van der Waals surface area (Å²) in [6.07, 6.45) is 0. The van der Waals surface area contributed by atoms with Crippen LogP contribution in [0.4, 0.5) is 4.39 Å². The molecule has 0 saturated heterocycles. The molecule has 2 nitrogen and oxygen atoms in total. The molecule has 19 heavy (non-hydrogen) atoms. The van der Waals surface area contributed by atoms with Gasteiger partial charge in [-0.15, -0.1) is 11.3 Å². The van der Waals surface area contributed by atoms with Crippen LogP contribution in [-0.4, -0.2) is 0 Å². The van der Waals surface area contributed by atoms with Crippen LogP contribution in [0.1, 0.15) is 22.9 Å². The van der Waals surface area contributed by atoms with E-state index < -0.39 is 0 Å². The molecule has 2 aromatic heterocycles. The van der Waals surface area contributed by atoms with Crippen molar-refractivity contribution in [3.63, 3.8) is 0 Å². The lowest BCUT2D eigenvalue weighted by molar-refractivity contribution is 0.521. The van der Waals surface area contributed by atoms with Crippen molar-refractivity contribution < 1.29 is 8.81 Å². The zero-order valence-electron chi connectivity index (χ0n) is 10.1. The van der Waals surface area contributed by atoms with Crippen molar-refractivity contribution >= 4 is 33.9 Å². The van der Waals surface area contributed by atoms with Gasteiger partial charge in [-0.25, -0.2) is 4.39 Å². The van der Waals surface area contributed by atoms with E-state index in [1.165, 1.54) is 23.5 Å². The molecule has 98 valence electrons. The Morgan fingerprint density at radius 1 is 1.37 bits per heavy atom. The van der Waals surface area contributed by atoms with Crippen LogP contribution in [0.15, 0.2) is 34.1 Å². The van der Waals surface area contributed by atoms with Crippen molar-refractivity contribution in [2.45, 2.75) is 13.0 Å². The van der Waals surface area contributed by atoms with Crippen LogP contribution in [0.3, 0.4) is 0 Å². The maximum atomic E-state index is 13.3. The Hall–Kier alpha value is -1.36. The van der Waals surface area contributed by atoms with Crippen LogP contribution in [0.25, 0.3) is 11.0 Å².